The Morgan fingerprint density at radius 1 is 1.47 bits per heavy atom. The first-order chi connectivity index (χ1) is 8.00. The zero-order chi connectivity index (χ0) is 12.8. The van der Waals surface area contributed by atoms with Crippen molar-refractivity contribution in [1.82, 2.24) is 9.88 Å². The molecule has 0 aromatic carbocycles. The molecule has 0 fully saturated rings. The number of ether oxygens (including phenoxy) is 1. The summed E-state index contributed by atoms with van der Waals surface area (Å²) in [5.41, 5.74) is 0.651. The van der Waals surface area contributed by atoms with E-state index >= 15 is 0 Å². The standard InChI is InChI=1S/C12H18N2O3/c1-9-5-6-10(11(13-9)12(15)16)17-8-4-7-14(2)3/h5-6H,4,7-8H2,1-3H3,(H,15,16). The molecule has 0 bridgehead atoms. The molecule has 17 heavy (non-hydrogen) atoms. The summed E-state index contributed by atoms with van der Waals surface area (Å²) in [7, 11) is 3.96. The molecule has 0 saturated heterocycles. The molecular weight excluding hydrogens is 220 g/mol. The van der Waals surface area contributed by atoms with Crippen molar-refractivity contribution in [2.45, 2.75) is 13.3 Å². The average molecular weight is 238 g/mol. The molecule has 0 aliphatic heterocycles. The van der Waals surface area contributed by atoms with Crippen LogP contribution in [0.3, 0.4) is 0 Å². The summed E-state index contributed by atoms with van der Waals surface area (Å²) in [6.45, 7) is 3.15. The lowest BCUT2D eigenvalue weighted by Crippen LogP contribution is -2.16. The van der Waals surface area contributed by atoms with Crippen LogP contribution in [0.1, 0.15) is 22.6 Å². The lowest BCUT2D eigenvalue weighted by molar-refractivity contribution is 0.0685. The Balaban J connectivity index is 2.61. The van der Waals surface area contributed by atoms with Gasteiger partial charge in [-0.2, -0.15) is 0 Å². The molecule has 94 valence electrons. The molecular formula is C12H18N2O3. The number of aryl methyl sites for hydroxylation is 1. The number of pyridine rings is 1. The highest BCUT2D eigenvalue weighted by atomic mass is 16.5. The normalized spacial score (nSPS) is 10.6. The van der Waals surface area contributed by atoms with Crippen LogP contribution in [0.5, 0.6) is 5.75 Å². The molecule has 0 radical (unpaired) electrons. The molecule has 1 aromatic heterocycles. The van der Waals surface area contributed by atoms with Crippen molar-refractivity contribution in [3.8, 4) is 5.75 Å². The number of carbonyl (C=O) groups is 1. The van der Waals surface area contributed by atoms with Crippen LogP contribution in [-0.4, -0.2) is 48.2 Å². The monoisotopic (exact) mass is 238 g/mol. The van der Waals surface area contributed by atoms with Gasteiger partial charge in [-0.05, 0) is 39.6 Å². The molecule has 1 heterocycles. The molecule has 0 spiro atoms. The highest BCUT2D eigenvalue weighted by Gasteiger charge is 2.13. The molecule has 0 unspecified atom stereocenters. The Morgan fingerprint density at radius 3 is 2.76 bits per heavy atom. The Morgan fingerprint density at radius 2 is 2.18 bits per heavy atom. The van der Waals surface area contributed by atoms with Crippen LogP contribution in [0.4, 0.5) is 0 Å². The summed E-state index contributed by atoms with van der Waals surface area (Å²) >= 11 is 0. The van der Waals surface area contributed by atoms with Crippen LogP contribution in [0.15, 0.2) is 12.1 Å². The van der Waals surface area contributed by atoms with Gasteiger partial charge in [0, 0.05) is 12.2 Å². The van der Waals surface area contributed by atoms with Crippen LogP contribution in [0.25, 0.3) is 0 Å². The maximum atomic E-state index is 11.0. The van der Waals surface area contributed by atoms with Gasteiger partial charge in [-0.25, -0.2) is 9.78 Å². The van der Waals surface area contributed by atoms with E-state index in [1.165, 1.54) is 0 Å². The molecule has 0 aliphatic carbocycles. The van der Waals surface area contributed by atoms with E-state index in [-0.39, 0.29) is 5.69 Å². The van der Waals surface area contributed by atoms with E-state index < -0.39 is 5.97 Å². The van der Waals surface area contributed by atoms with Crippen LogP contribution < -0.4 is 4.74 Å². The predicted octanol–water partition coefficient (Wildman–Crippen LogP) is 1.42. The van der Waals surface area contributed by atoms with E-state index in [4.69, 9.17) is 9.84 Å². The van der Waals surface area contributed by atoms with E-state index in [1.54, 1.807) is 19.1 Å². The van der Waals surface area contributed by atoms with Gasteiger partial charge in [0.05, 0.1) is 6.61 Å². The van der Waals surface area contributed by atoms with Gasteiger partial charge in [-0.1, -0.05) is 0 Å². The minimum absolute atomic E-state index is 0.0187. The van der Waals surface area contributed by atoms with Crippen molar-refractivity contribution < 1.29 is 14.6 Å². The lowest BCUT2D eigenvalue weighted by Gasteiger charge is -2.11. The van der Waals surface area contributed by atoms with Crippen molar-refractivity contribution >= 4 is 5.97 Å². The second kappa shape index (κ2) is 6.20. The third kappa shape index (κ3) is 4.40. The van der Waals surface area contributed by atoms with E-state index in [1.807, 2.05) is 14.1 Å². The van der Waals surface area contributed by atoms with Crippen molar-refractivity contribution in [2.75, 3.05) is 27.2 Å². The first-order valence-electron chi connectivity index (χ1n) is 5.49. The summed E-state index contributed by atoms with van der Waals surface area (Å²) in [5.74, 6) is -0.724. The first kappa shape index (κ1) is 13.4. The van der Waals surface area contributed by atoms with E-state index in [9.17, 15) is 4.79 Å². The largest absolute Gasteiger partial charge is 0.491 e. The zero-order valence-corrected chi connectivity index (χ0v) is 10.4. The number of carboxylic acid groups (broad SMARTS) is 1. The number of aromatic carboxylic acids is 1. The van der Waals surface area contributed by atoms with Gasteiger partial charge in [-0.3, -0.25) is 0 Å². The van der Waals surface area contributed by atoms with Crippen molar-refractivity contribution in [3.05, 3.63) is 23.5 Å². The van der Waals surface area contributed by atoms with Gasteiger partial charge in [-0.15, -0.1) is 0 Å². The molecule has 1 N–H and O–H groups in total. The summed E-state index contributed by atoms with van der Waals surface area (Å²) in [6.07, 6.45) is 0.847. The molecule has 0 saturated carbocycles. The molecule has 1 aromatic rings. The Labute approximate surface area is 101 Å². The fourth-order valence-corrected chi connectivity index (χ4v) is 1.38. The fourth-order valence-electron chi connectivity index (χ4n) is 1.38. The maximum Gasteiger partial charge on any atom is 0.358 e. The maximum absolute atomic E-state index is 11.0. The van der Waals surface area contributed by atoms with Crippen molar-refractivity contribution in [1.29, 1.82) is 0 Å². The van der Waals surface area contributed by atoms with Crippen molar-refractivity contribution in [3.63, 3.8) is 0 Å². The second-order valence-corrected chi connectivity index (χ2v) is 4.11. The van der Waals surface area contributed by atoms with Crippen LogP contribution in [-0.2, 0) is 0 Å². The van der Waals surface area contributed by atoms with Crippen LogP contribution in [0, 0.1) is 6.92 Å². The molecule has 0 atom stereocenters. The average Bonchev–Trinajstić information content (AvgIpc) is 2.25. The third-order valence-corrected chi connectivity index (χ3v) is 2.21. The quantitative estimate of drug-likeness (QED) is 0.759. The predicted molar refractivity (Wildman–Crippen MR) is 64.6 cm³/mol. The van der Waals surface area contributed by atoms with E-state index in [0.717, 1.165) is 13.0 Å². The van der Waals surface area contributed by atoms with Gasteiger partial charge in [0.2, 0.25) is 0 Å². The first-order valence-corrected chi connectivity index (χ1v) is 5.49. The summed E-state index contributed by atoms with van der Waals surface area (Å²) in [6, 6.07) is 3.40. The summed E-state index contributed by atoms with van der Waals surface area (Å²) in [4.78, 5) is 17.0. The molecule has 5 heteroatoms. The third-order valence-electron chi connectivity index (χ3n) is 2.21. The fraction of sp³-hybridized carbons (Fsp3) is 0.500. The minimum atomic E-state index is -1.06. The van der Waals surface area contributed by atoms with Gasteiger partial charge in [0.15, 0.2) is 11.4 Å². The Hall–Kier alpha value is -1.62. The number of carboxylic acids is 1. The highest BCUT2D eigenvalue weighted by molar-refractivity contribution is 5.88. The SMILES string of the molecule is Cc1ccc(OCCCN(C)C)c(C(=O)O)n1. The van der Waals surface area contributed by atoms with Gasteiger partial charge < -0.3 is 14.7 Å². The smallest absolute Gasteiger partial charge is 0.358 e. The van der Waals surface area contributed by atoms with E-state index in [0.29, 0.717) is 18.1 Å². The summed E-state index contributed by atoms with van der Waals surface area (Å²) < 4.78 is 5.43. The number of aromatic nitrogens is 1. The van der Waals surface area contributed by atoms with Gasteiger partial charge in [0.1, 0.15) is 0 Å². The lowest BCUT2D eigenvalue weighted by atomic mass is 10.3. The van der Waals surface area contributed by atoms with Crippen LogP contribution >= 0.6 is 0 Å². The zero-order valence-electron chi connectivity index (χ0n) is 10.4. The topological polar surface area (TPSA) is 62.7 Å². The van der Waals surface area contributed by atoms with Gasteiger partial charge >= 0.3 is 5.97 Å². The summed E-state index contributed by atoms with van der Waals surface area (Å²) in [5, 5.41) is 8.98. The van der Waals surface area contributed by atoms with E-state index in [2.05, 4.69) is 9.88 Å². The van der Waals surface area contributed by atoms with Crippen molar-refractivity contribution in [2.24, 2.45) is 0 Å². The number of rotatable bonds is 6. The number of hydrogen-bond acceptors (Lipinski definition) is 4. The molecule has 1 rings (SSSR count). The minimum Gasteiger partial charge on any atom is -0.491 e. The van der Waals surface area contributed by atoms with Gasteiger partial charge in [0.25, 0.3) is 0 Å². The number of hydrogen-bond donors (Lipinski definition) is 1. The second-order valence-electron chi connectivity index (χ2n) is 4.11. The Bertz CT molecular complexity index is 391. The molecule has 0 amide bonds. The highest BCUT2D eigenvalue weighted by Crippen LogP contribution is 2.17. The molecule has 0 aliphatic rings. The van der Waals surface area contributed by atoms with Crippen LogP contribution in [0.2, 0.25) is 0 Å². The Kier molecular flexibility index (Phi) is 4.90. The number of nitrogens with zero attached hydrogens (tertiary/aromatic N) is 2. The molecule has 5 nitrogen and oxygen atoms in total.